The molecule has 6 nitrogen and oxygen atoms in total. The highest BCUT2D eigenvalue weighted by Crippen LogP contribution is 2.49. The Hall–Kier alpha value is -3.45. The van der Waals surface area contributed by atoms with E-state index in [0.29, 0.717) is 27.4 Å². The average molecular weight is 424 g/mol. The van der Waals surface area contributed by atoms with Crippen molar-refractivity contribution in [3.8, 4) is 11.1 Å². The van der Waals surface area contributed by atoms with Crippen LogP contribution in [0.25, 0.3) is 11.1 Å². The van der Waals surface area contributed by atoms with Crippen LogP contribution >= 0.6 is 11.6 Å². The van der Waals surface area contributed by atoms with Crippen LogP contribution in [-0.4, -0.2) is 16.7 Å². The molecule has 0 aliphatic heterocycles. The Morgan fingerprint density at radius 3 is 2.63 bits per heavy atom. The summed E-state index contributed by atoms with van der Waals surface area (Å²) in [6, 6.07) is 15.4. The molecule has 8 heteroatoms. The number of nitrogens with zero attached hydrogens (tertiary/aromatic N) is 2. The van der Waals surface area contributed by atoms with Gasteiger partial charge in [-0.15, -0.1) is 0 Å². The van der Waals surface area contributed by atoms with Crippen LogP contribution in [0.3, 0.4) is 0 Å². The lowest BCUT2D eigenvalue weighted by molar-refractivity contribution is -0.118. The maximum absolute atomic E-state index is 13.6. The largest absolute Gasteiger partial charge is 0.382 e. The van der Waals surface area contributed by atoms with Crippen LogP contribution in [0.15, 0.2) is 65.9 Å². The second-order valence-electron chi connectivity index (χ2n) is 7.19. The van der Waals surface area contributed by atoms with Gasteiger partial charge in [-0.3, -0.25) is 4.79 Å². The first-order chi connectivity index (χ1) is 14.4. The maximum Gasteiger partial charge on any atom is 0.235 e. The number of halogens is 2. The zero-order valence-electron chi connectivity index (χ0n) is 15.9. The molecule has 0 saturated heterocycles. The fourth-order valence-corrected chi connectivity index (χ4v) is 3.72. The molecule has 1 aliphatic rings. The summed E-state index contributed by atoms with van der Waals surface area (Å²) < 4.78 is 13.6. The molecule has 1 heterocycles. The molecule has 1 amide bonds. The molecule has 5 N–H and O–H groups in total. The molecule has 0 spiro atoms. The van der Waals surface area contributed by atoms with E-state index in [0.717, 1.165) is 18.4 Å². The van der Waals surface area contributed by atoms with Crippen LogP contribution in [0.1, 0.15) is 24.0 Å². The Morgan fingerprint density at radius 2 is 1.97 bits per heavy atom. The second-order valence-corrected chi connectivity index (χ2v) is 7.62. The Kier molecular flexibility index (Phi) is 5.13. The number of anilines is 1. The van der Waals surface area contributed by atoms with E-state index in [1.807, 2.05) is 18.2 Å². The Morgan fingerprint density at radius 1 is 1.17 bits per heavy atom. The van der Waals surface area contributed by atoms with Crippen molar-refractivity contribution in [2.45, 2.75) is 18.3 Å². The average Bonchev–Trinajstić information content (AvgIpc) is 3.55. The van der Waals surface area contributed by atoms with E-state index in [9.17, 15) is 9.18 Å². The van der Waals surface area contributed by atoms with E-state index in [-0.39, 0.29) is 11.7 Å². The molecule has 4 rings (SSSR count). The first-order valence-electron chi connectivity index (χ1n) is 9.30. The van der Waals surface area contributed by atoms with Crippen molar-refractivity contribution in [3.05, 3.63) is 82.9 Å². The summed E-state index contributed by atoms with van der Waals surface area (Å²) >= 11 is 6.10. The quantitative estimate of drug-likeness (QED) is 0.191. The fraction of sp³-hybridized carbons (Fsp3) is 0.136. The van der Waals surface area contributed by atoms with Gasteiger partial charge in [-0.1, -0.05) is 29.8 Å². The predicted molar refractivity (Wildman–Crippen MR) is 116 cm³/mol. The van der Waals surface area contributed by atoms with Gasteiger partial charge in [0, 0.05) is 28.5 Å². The van der Waals surface area contributed by atoms with Gasteiger partial charge in [0.1, 0.15) is 0 Å². The Labute approximate surface area is 177 Å². The number of hydrazone groups is 1. The minimum atomic E-state index is -0.615. The molecule has 0 unspecified atom stereocenters. The second kappa shape index (κ2) is 7.76. The number of carbonyl (C=O) groups excluding carboxylic acids is 1. The number of benzene rings is 2. The maximum atomic E-state index is 13.6. The van der Waals surface area contributed by atoms with Crippen LogP contribution in [0.5, 0.6) is 0 Å². The van der Waals surface area contributed by atoms with Crippen molar-refractivity contribution in [3.63, 3.8) is 0 Å². The van der Waals surface area contributed by atoms with Crippen LogP contribution < -0.4 is 16.9 Å². The van der Waals surface area contributed by atoms with Gasteiger partial charge in [-0.2, -0.15) is 9.49 Å². The van der Waals surface area contributed by atoms with Gasteiger partial charge >= 0.3 is 0 Å². The molecule has 1 aliphatic carbocycles. The number of nitrogens with one attached hydrogen (secondary N) is 1. The molecule has 0 atom stereocenters. The van der Waals surface area contributed by atoms with E-state index < -0.39 is 11.4 Å². The summed E-state index contributed by atoms with van der Waals surface area (Å²) in [6.45, 7) is 0. The van der Waals surface area contributed by atoms with Crippen LogP contribution in [0.2, 0.25) is 5.02 Å². The lowest BCUT2D eigenvalue weighted by Gasteiger charge is -2.17. The number of hydrogen-bond donors (Lipinski definition) is 3. The summed E-state index contributed by atoms with van der Waals surface area (Å²) in [5.41, 5.74) is 8.47. The van der Waals surface area contributed by atoms with Crippen LogP contribution in [0.4, 0.5) is 10.1 Å². The van der Waals surface area contributed by atoms with Gasteiger partial charge in [0.15, 0.2) is 5.84 Å². The Bertz CT molecular complexity index is 1160. The first-order valence-corrected chi connectivity index (χ1v) is 9.68. The summed E-state index contributed by atoms with van der Waals surface area (Å²) in [4.78, 5) is 16.6. The summed E-state index contributed by atoms with van der Waals surface area (Å²) in [7, 11) is 0. The van der Waals surface area contributed by atoms with E-state index in [1.165, 1.54) is 12.3 Å². The molecule has 1 fully saturated rings. The molecule has 2 aromatic carbocycles. The summed E-state index contributed by atoms with van der Waals surface area (Å²) in [5.74, 6) is 4.70. The van der Waals surface area contributed by atoms with Crippen LogP contribution in [-0.2, 0) is 10.2 Å². The number of carbonyl (C=O) groups is 1. The molecule has 0 bridgehead atoms. The minimum Gasteiger partial charge on any atom is -0.382 e. The number of rotatable bonds is 5. The van der Waals surface area contributed by atoms with Crippen molar-refractivity contribution in [1.29, 1.82) is 0 Å². The zero-order chi connectivity index (χ0) is 21.3. The zero-order valence-corrected chi connectivity index (χ0v) is 16.7. The third kappa shape index (κ3) is 3.71. The smallest absolute Gasteiger partial charge is 0.235 e. The van der Waals surface area contributed by atoms with Crippen molar-refractivity contribution in [2.24, 2.45) is 16.7 Å². The molecule has 1 aromatic heterocycles. The van der Waals surface area contributed by atoms with Gasteiger partial charge in [0.05, 0.1) is 5.41 Å². The van der Waals surface area contributed by atoms with Gasteiger partial charge in [0.2, 0.25) is 11.9 Å². The lowest BCUT2D eigenvalue weighted by atomic mass is 9.94. The molecule has 3 aromatic rings. The standard InChI is InChI=1S/C22H19ClFN5O/c23-15-3-1-2-14(11-15)22(7-8-22)21(30)28-16-4-5-17(18(12-16)20(25)29-26)13-6-9-27-19(24)10-13/h1-6,9-12H,7-8,26H2,(H2,25,29)(H,28,30). The van der Waals surface area contributed by atoms with E-state index >= 15 is 0 Å². The third-order valence-electron chi connectivity index (χ3n) is 5.29. The number of nitrogens with two attached hydrogens (primary N) is 2. The number of amides is 1. The normalized spacial score (nSPS) is 14.9. The number of aromatic nitrogens is 1. The molecular weight excluding hydrogens is 405 g/mol. The Balaban J connectivity index is 1.66. The minimum absolute atomic E-state index is 0.0642. The van der Waals surface area contributed by atoms with Gasteiger partial charge < -0.3 is 16.9 Å². The first kappa shape index (κ1) is 19.8. The molecule has 0 radical (unpaired) electrons. The van der Waals surface area contributed by atoms with Crippen LogP contribution in [0, 0.1) is 5.95 Å². The number of hydrogen-bond acceptors (Lipinski definition) is 4. The van der Waals surface area contributed by atoms with E-state index in [1.54, 1.807) is 30.3 Å². The molecular formula is C22H19ClFN5O. The van der Waals surface area contributed by atoms with Crippen molar-refractivity contribution in [1.82, 2.24) is 4.98 Å². The van der Waals surface area contributed by atoms with Gasteiger partial charge in [0.25, 0.3) is 0 Å². The molecule has 30 heavy (non-hydrogen) atoms. The highest BCUT2D eigenvalue weighted by Gasteiger charge is 2.51. The number of pyridine rings is 1. The third-order valence-corrected chi connectivity index (χ3v) is 5.53. The SMILES string of the molecule is N/N=C(\N)c1cc(NC(=O)C2(c3cccc(Cl)c3)CC2)ccc1-c1ccnc(F)c1. The van der Waals surface area contributed by atoms with E-state index in [4.69, 9.17) is 23.2 Å². The van der Waals surface area contributed by atoms with Gasteiger partial charge in [-0.25, -0.2) is 4.98 Å². The van der Waals surface area contributed by atoms with Gasteiger partial charge in [-0.05, 0) is 59.9 Å². The topological polar surface area (TPSA) is 106 Å². The highest BCUT2D eigenvalue weighted by atomic mass is 35.5. The van der Waals surface area contributed by atoms with E-state index in [2.05, 4.69) is 15.4 Å². The fourth-order valence-electron chi connectivity index (χ4n) is 3.53. The monoisotopic (exact) mass is 423 g/mol. The molecule has 152 valence electrons. The van der Waals surface area contributed by atoms with Crippen molar-refractivity contribution < 1.29 is 9.18 Å². The molecule has 1 saturated carbocycles. The summed E-state index contributed by atoms with van der Waals surface area (Å²) in [6.07, 6.45) is 2.85. The predicted octanol–water partition coefficient (Wildman–Crippen LogP) is 3.79. The van der Waals surface area contributed by atoms with Crippen molar-refractivity contribution >= 4 is 29.0 Å². The summed E-state index contributed by atoms with van der Waals surface area (Å²) in [5, 5.41) is 7.11. The van der Waals surface area contributed by atoms with Crippen molar-refractivity contribution in [2.75, 3.05) is 5.32 Å². The highest BCUT2D eigenvalue weighted by molar-refractivity contribution is 6.30. The lowest BCUT2D eigenvalue weighted by Crippen LogP contribution is -2.28. The number of amidine groups is 1.